The van der Waals surface area contributed by atoms with Gasteiger partial charge in [0.2, 0.25) is 0 Å². The third kappa shape index (κ3) is 1.92. The molecule has 0 aliphatic rings. The van der Waals surface area contributed by atoms with Gasteiger partial charge in [-0.1, -0.05) is 23.4 Å². The van der Waals surface area contributed by atoms with E-state index in [1.807, 2.05) is 4.98 Å². The second kappa shape index (κ2) is 4.16. The summed E-state index contributed by atoms with van der Waals surface area (Å²) in [7, 11) is 0. The van der Waals surface area contributed by atoms with Gasteiger partial charge in [0.1, 0.15) is 5.82 Å². The van der Waals surface area contributed by atoms with Crippen LogP contribution in [0.5, 0.6) is 0 Å². The van der Waals surface area contributed by atoms with Gasteiger partial charge >= 0.3 is 5.69 Å². The number of fused-ring (bicyclic) bond motifs is 1. The van der Waals surface area contributed by atoms with Crippen molar-refractivity contribution in [1.29, 1.82) is 0 Å². The molecule has 1 aromatic carbocycles. The molecule has 2 N–H and O–H groups in total. The van der Waals surface area contributed by atoms with Gasteiger partial charge < -0.3 is 0 Å². The first-order valence-electron chi connectivity index (χ1n) is 5.44. The van der Waals surface area contributed by atoms with Gasteiger partial charge in [-0.3, -0.25) is 14.8 Å². The molecule has 0 saturated heterocycles. The number of aromatic nitrogens is 5. The van der Waals surface area contributed by atoms with E-state index in [9.17, 15) is 14.0 Å². The van der Waals surface area contributed by atoms with Crippen LogP contribution in [0.15, 0.2) is 33.9 Å². The third-order valence-electron chi connectivity index (χ3n) is 2.69. The molecule has 0 aliphatic heterocycles. The lowest BCUT2D eigenvalue weighted by molar-refractivity contribution is 0.582. The van der Waals surface area contributed by atoms with Gasteiger partial charge in [0.25, 0.3) is 5.56 Å². The van der Waals surface area contributed by atoms with Crippen LogP contribution in [-0.4, -0.2) is 25.0 Å². The molecule has 0 amide bonds. The van der Waals surface area contributed by atoms with Crippen molar-refractivity contribution in [3.8, 4) is 0 Å². The number of aromatic amines is 2. The van der Waals surface area contributed by atoms with E-state index in [2.05, 4.69) is 15.3 Å². The van der Waals surface area contributed by atoms with Crippen LogP contribution in [0.2, 0.25) is 0 Å². The quantitative estimate of drug-likeness (QED) is 0.678. The van der Waals surface area contributed by atoms with Gasteiger partial charge in [-0.15, -0.1) is 5.10 Å². The van der Waals surface area contributed by atoms with E-state index in [1.165, 1.54) is 10.7 Å². The SMILES string of the molecule is O=c1[nH]c(=O)c2nnn(Cc3ccccc3F)c2[nH]1. The van der Waals surface area contributed by atoms with E-state index in [0.717, 1.165) is 0 Å². The number of nitrogens with one attached hydrogen (secondary N) is 2. The Morgan fingerprint density at radius 1 is 1.21 bits per heavy atom. The molecular weight excluding hydrogens is 253 g/mol. The molecule has 0 bridgehead atoms. The number of hydrogen-bond donors (Lipinski definition) is 2. The van der Waals surface area contributed by atoms with Crippen LogP contribution in [0.4, 0.5) is 4.39 Å². The molecule has 0 aliphatic carbocycles. The van der Waals surface area contributed by atoms with Gasteiger partial charge in [-0.2, -0.15) is 0 Å². The summed E-state index contributed by atoms with van der Waals surface area (Å²) in [5.41, 5.74) is -0.725. The second-order valence-electron chi connectivity index (χ2n) is 3.94. The average Bonchev–Trinajstić information content (AvgIpc) is 2.76. The van der Waals surface area contributed by atoms with Gasteiger partial charge in [0.15, 0.2) is 11.2 Å². The van der Waals surface area contributed by atoms with Crippen LogP contribution in [0.3, 0.4) is 0 Å². The Morgan fingerprint density at radius 3 is 2.79 bits per heavy atom. The molecule has 0 atom stereocenters. The highest BCUT2D eigenvalue weighted by Gasteiger charge is 2.11. The van der Waals surface area contributed by atoms with Crippen LogP contribution in [0.25, 0.3) is 11.2 Å². The van der Waals surface area contributed by atoms with Crippen LogP contribution in [-0.2, 0) is 6.54 Å². The summed E-state index contributed by atoms with van der Waals surface area (Å²) in [4.78, 5) is 27.2. The van der Waals surface area contributed by atoms with Gasteiger partial charge in [-0.25, -0.2) is 13.9 Å². The normalized spacial score (nSPS) is 11.0. The van der Waals surface area contributed by atoms with Crippen molar-refractivity contribution in [1.82, 2.24) is 25.0 Å². The van der Waals surface area contributed by atoms with Crippen molar-refractivity contribution in [2.45, 2.75) is 6.54 Å². The Kier molecular flexibility index (Phi) is 2.48. The fourth-order valence-electron chi connectivity index (χ4n) is 1.79. The maximum Gasteiger partial charge on any atom is 0.327 e. The number of rotatable bonds is 2. The molecule has 3 aromatic rings. The maximum atomic E-state index is 13.5. The van der Waals surface area contributed by atoms with Crippen LogP contribution in [0, 0.1) is 5.82 Å². The molecule has 0 unspecified atom stereocenters. The first kappa shape index (κ1) is 11.3. The zero-order valence-electron chi connectivity index (χ0n) is 9.55. The lowest BCUT2D eigenvalue weighted by Crippen LogP contribution is -2.22. The van der Waals surface area contributed by atoms with E-state index in [-0.39, 0.29) is 17.7 Å². The van der Waals surface area contributed by atoms with Gasteiger partial charge in [0, 0.05) is 5.56 Å². The molecule has 0 spiro atoms. The summed E-state index contributed by atoms with van der Waals surface area (Å²) < 4.78 is 14.8. The van der Waals surface area contributed by atoms with Gasteiger partial charge in [0.05, 0.1) is 6.54 Å². The number of benzene rings is 1. The van der Waals surface area contributed by atoms with Crippen LogP contribution in [0.1, 0.15) is 5.56 Å². The fraction of sp³-hybridized carbons (Fsp3) is 0.0909. The van der Waals surface area contributed by atoms with E-state index in [0.29, 0.717) is 5.56 Å². The molecule has 0 saturated carbocycles. The number of halogens is 1. The molecule has 2 heterocycles. The highest BCUT2D eigenvalue weighted by molar-refractivity contribution is 5.67. The summed E-state index contributed by atoms with van der Waals surface area (Å²) >= 11 is 0. The molecule has 3 rings (SSSR count). The van der Waals surface area contributed by atoms with E-state index in [1.54, 1.807) is 18.2 Å². The van der Waals surface area contributed by atoms with E-state index >= 15 is 0 Å². The Labute approximate surface area is 104 Å². The zero-order chi connectivity index (χ0) is 13.4. The summed E-state index contributed by atoms with van der Waals surface area (Å²) in [6.07, 6.45) is 0. The molecule has 19 heavy (non-hydrogen) atoms. The minimum absolute atomic E-state index is 0.0101. The zero-order valence-corrected chi connectivity index (χ0v) is 9.55. The summed E-state index contributed by atoms with van der Waals surface area (Å²) in [5, 5.41) is 7.41. The molecule has 8 heteroatoms. The van der Waals surface area contributed by atoms with Crippen LogP contribution >= 0.6 is 0 Å². The smallest absolute Gasteiger partial charge is 0.290 e. The lowest BCUT2D eigenvalue weighted by Gasteiger charge is -2.03. The predicted octanol–water partition coefficient (Wildman–Crippen LogP) is -0.00470. The van der Waals surface area contributed by atoms with Crippen molar-refractivity contribution in [2.24, 2.45) is 0 Å². The molecule has 7 nitrogen and oxygen atoms in total. The molecular formula is C11H8FN5O2. The molecule has 0 radical (unpaired) electrons. The van der Waals surface area contributed by atoms with Gasteiger partial charge in [-0.05, 0) is 6.07 Å². The third-order valence-corrected chi connectivity index (χ3v) is 2.69. The number of nitrogens with zero attached hydrogens (tertiary/aromatic N) is 3. The van der Waals surface area contributed by atoms with Crippen molar-refractivity contribution in [2.75, 3.05) is 0 Å². The number of hydrogen-bond acceptors (Lipinski definition) is 4. The van der Waals surface area contributed by atoms with Crippen molar-refractivity contribution in [3.05, 3.63) is 56.5 Å². The Morgan fingerprint density at radius 2 is 2.00 bits per heavy atom. The minimum Gasteiger partial charge on any atom is -0.290 e. The largest absolute Gasteiger partial charge is 0.327 e. The van der Waals surface area contributed by atoms with E-state index < -0.39 is 17.1 Å². The minimum atomic E-state index is -0.658. The lowest BCUT2D eigenvalue weighted by atomic mass is 10.2. The first-order chi connectivity index (χ1) is 9.15. The van der Waals surface area contributed by atoms with E-state index in [4.69, 9.17) is 0 Å². The summed E-state index contributed by atoms with van der Waals surface area (Å²) in [6.45, 7) is 0.0720. The number of H-pyrrole nitrogens is 2. The monoisotopic (exact) mass is 261 g/mol. The Balaban J connectivity index is 2.15. The Bertz CT molecular complexity index is 863. The standard InChI is InChI=1S/C11H8FN5O2/c12-7-4-2-1-3-6(7)5-17-9-8(15-16-17)10(18)14-11(19)13-9/h1-4H,5H2,(H2,13,14,18,19). The fourth-order valence-corrected chi connectivity index (χ4v) is 1.79. The topological polar surface area (TPSA) is 96.4 Å². The predicted molar refractivity (Wildman–Crippen MR) is 64.3 cm³/mol. The van der Waals surface area contributed by atoms with Crippen LogP contribution < -0.4 is 11.2 Å². The second-order valence-corrected chi connectivity index (χ2v) is 3.94. The molecule has 96 valence electrons. The highest BCUT2D eigenvalue weighted by atomic mass is 19.1. The molecule has 0 fully saturated rings. The Hall–Kier alpha value is -2.77. The van der Waals surface area contributed by atoms with Crippen molar-refractivity contribution < 1.29 is 4.39 Å². The van der Waals surface area contributed by atoms with Crippen molar-refractivity contribution >= 4 is 11.2 Å². The molecule has 2 aromatic heterocycles. The maximum absolute atomic E-state index is 13.5. The summed E-state index contributed by atoms with van der Waals surface area (Å²) in [6, 6.07) is 6.18. The average molecular weight is 261 g/mol. The highest BCUT2D eigenvalue weighted by Crippen LogP contribution is 2.09. The first-order valence-corrected chi connectivity index (χ1v) is 5.44. The summed E-state index contributed by atoms with van der Waals surface area (Å²) in [5.74, 6) is -0.390. The van der Waals surface area contributed by atoms with Crippen molar-refractivity contribution in [3.63, 3.8) is 0 Å².